The van der Waals surface area contributed by atoms with Crippen LogP contribution in [0.4, 0.5) is 0 Å². The van der Waals surface area contributed by atoms with E-state index in [1.54, 1.807) is 10.9 Å². The van der Waals surface area contributed by atoms with Crippen LogP contribution in [-0.4, -0.2) is 35.4 Å². The van der Waals surface area contributed by atoms with Gasteiger partial charge in [0.15, 0.2) is 0 Å². The predicted molar refractivity (Wildman–Crippen MR) is 75.3 cm³/mol. The molecule has 1 atom stereocenters. The van der Waals surface area contributed by atoms with Crippen LogP contribution in [0, 0.1) is 0 Å². The second kappa shape index (κ2) is 6.83. The molecule has 1 heterocycles. The minimum Gasteiger partial charge on any atom is -0.383 e. The van der Waals surface area contributed by atoms with Gasteiger partial charge in [0.25, 0.3) is 0 Å². The number of hydrogen-bond donors (Lipinski definition) is 2. The van der Waals surface area contributed by atoms with E-state index in [4.69, 9.17) is 10.5 Å². The van der Waals surface area contributed by atoms with Gasteiger partial charge in [-0.1, -0.05) is 18.2 Å². The number of nitrogens with zero attached hydrogens (tertiary/aromatic N) is 2. The molecule has 1 amide bonds. The molecule has 0 radical (unpaired) electrons. The Kier molecular flexibility index (Phi) is 4.86. The highest BCUT2D eigenvalue weighted by Crippen LogP contribution is 2.07. The van der Waals surface area contributed by atoms with E-state index in [0.29, 0.717) is 6.54 Å². The third kappa shape index (κ3) is 3.66. The number of nitrogens with two attached hydrogens (primary N) is 1. The fourth-order valence-corrected chi connectivity index (χ4v) is 1.75. The van der Waals surface area contributed by atoms with E-state index in [-0.39, 0.29) is 12.5 Å². The van der Waals surface area contributed by atoms with Crippen LogP contribution in [0.3, 0.4) is 0 Å². The third-order valence-electron chi connectivity index (χ3n) is 2.81. The molecule has 1 unspecified atom stereocenters. The third-order valence-corrected chi connectivity index (χ3v) is 2.81. The number of carbonyl (C=O) groups excluding carboxylic acids is 1. The van der Waals surface area contributed by atoms with Crippen molar-refractivity contribution in [2.24, 2.45) is 5.73 Å². The van der Waals surface area contributed by atoms with E-state index >= 15 is 0 Å². The quantitative estimate of drug-likeness (QED) is 0.802. The van der Waals surface area contributed by atoms with Gasteiger partial charge in [-0.05, 0) is 12.1 Å². The number of methoxy groups -OCH3 is 1. The molecule has 2 rings (SSSR count). The van der Waals surface area contributed by atoms with E-state index in [9.17, 15) is 4.79 Å². The lowest BCUT2D eigenvalue weighted by molar-refractivity contribution is -0.123. The number of aromatic nitrogens is 2. The summed E-state index contributed by atoms with van der Waals surface area (Å²) in [4.78, 5) is 11.6. The lowest BCUT2D eigenvalue weighted by Crippen LogP contribution is -2.43. The zero-order valence-corrected chi connectivity index (χ0v) is 11.3. The SMILES string of the molecule is COCC(N)C(=O)NCc1cnn(-c2ccccc2)c1. The van der Waals surface area contributed by atoms with Crippen LogP contribution in [0.2, 0.25) is 0 Å². The Labute approximate surface area is 117 Å². The van der Waals surface area contributed by atoms with Gasteiger partial charge in [0.05, 0.1) is 18.5 Å². The standard InChI is InChI=1S/C14H18N4O2/c1-20-10-13(15)14(19)16-7-11-8-17-18(9-11)12-5-3-2-4-6-12/h2-6,8-9,13H,7,10,15H2,1H3,(H,16,19). The normalized spacial score (nSPS) is 12.1. The number of carbonyl (C=O) groups is 1. The van der Waals surface area contributed by atoms with Gasteiger partial charge in [-0.15, -0.1) is 0 Å². The van der Waals surface area contributed by atoms with Crippen molar-refractivity contribution in [2.45, 2.75) is 12.6 Å². The number of benzene rings is 1. The van der Waals surface area contributed by atoms with Crippen molar-refractivity contribution in [2.75, 3.05) is 13.7 Å². The van der Waals surface area contributed by atoms with Crippen LogP contribution in [-0.2, 0) is 16.1 Å². The molecule has 0 saturated heterocycles. The minimum atomic E-state index is -0.649. The van der Waals surface area contributed by atoms with Gasteiger partial charge < -0.3 is 15.8 Å². The topological polar surface area (TPSA) is 82.2 Å². The highest BCUT2D eigenvalue weighted by Gasteiger charge is 2.12. The molecule has 6 nitrogen and oxygen atoms in total. The molecule has 6 heteroatoms. The molecular weight excluding hydrogens is 256 g/mol. The van der Waals surface area contributed by atoms with Crippen molar-refractivity contribution >= 4 is 5.91 Å². The first-order valence-electron chi connectivity index (χ1n) is 6.32. The van der Waals surface area contributed by atoms with Gasteiger partial charge in [-0.2, -0.15) is 5.10 Å². The molecule has 0 aliphatic heterocycles. The van der Waals surface area contributed by atoms with Gasteiger partial charge in [-0.3, -0.25) is 4.79 Å². The summed E-state index contributed by atoms with van der Waals surface area (Å²) >= 11 is 0. The Morgan fingerprint density at radius 1 is 1.45 bits per heavy atom. The van der Waals surface area contributed by atoms with Crippen molar-refractivity contribution < 1.29 is 9.53 Å². The van der Waals surface area contributed by atoms with Crippen molar-refractivity contribution in [3.8, 4) is 5.69 Å². The van der Waals surface area contributed by atoms with E-state index < -0.39 is 6.04 Å². The maximum atomic E-state index is 11.6. The van der Waals surface area contributed by atoms with E-state index in [1.807, 2.05) is 36.5 Å². The minimum absolute atomic E-state index is 0.203. The number of nitrogens with one attached hydrogen (secondary N) is 1. The summed E-state index contributed by atoms with van der Waals surface area (Å²) in [6.07, 6.45) is 3.59. The number of para-hydroxylation sites is 1. The summed E-state index contributed by atoms with van der Waals surface area (Å²) in [6, 6.07) is 9.12. The summed E-state index contributed by atoms with van der Waals surface area (Å²) in [6.45, 7) is 0.595. The zero-order chi connectivity index (χ0) is 14.4. The number of ether oxygens (including phenoxy) is 1. The lowest BCUT2D eigenvalue weighted by Gasteiger charge is -2.10. The number of rotatable bonds is 6. The summed E-state index contributed by atoms with van der Waals surface area (Å²) in [5.74, 6) is -0.237. The molecule has 1 aromatic heterocycles. The van der Waals surface area contributed by atoms with Crippen molar-refractivity contribution in [3.05, 3.63) is 48.3 Å². The van der Waals surface area contributed by atoms with E-state index in [0.717, 1.165) is 11.3 Å². The molecule has 0 fully saturated rings. The van der Waals surface area contributed by atoms with Crippen LogP contribution < -0.4 is 11.1 Å². The van der Waals surface area contributed by atoms with Gasteiger partial charge in [0.1, 0.15) is 6.04 Å². The first kappa shape index (κ1) is 14.2. The maximum absolute atomic E-state index is 11.6. The molecule has 3 N–H and O–H groups in total. The number of hydrogen-bond acceptors (Lipinski definition) is 4. The van der Waals surface area contributed by atoms with Crippen LogP contribution in [0.25, 0.3) is 5.69 Å². The summed E-state index contributed by atoms with van der Waals surface area (Å²) in [5.41, 5.74) is 7.51. The molecule has 20 heavy (non-hydrogen) atoms. The lowest BCUT2D eigenvalue weighted by atomic mass is 10.3. The molecular formula is C14H18N4O2. The first-order chi connectivity index (χ1) is 9.70. The van der Waals surface area contributed by atoms with Crippen molar-refractivity contribution in [1.29, 1.82) is 0 Å². The summed E-state index contributed by atoms with van der Waals surface area (Å²) in [5, 5.41) is 7.01. The highest BCUT2D eigenvalue weighted by molar-refractivity contribution is 5.81. The van der Waals surface area contributed by atoms with Crippen LogP contribution in [0.1, 0.15) is 5.56 Å². The average molecular weight is 274 g/mol. The largest absolute Gasteiger partial charge is 0.383 e. The molecule has 0 saturated carbocycles. The highest BCUT2D eigenvalue weighted by atomic mass is 16.5. The first-order valence-corrected chi connectivity index (χ1v) is 6.32. The predicted octanol–water partition coefficient (Wildman–Crippen LogP) is 0.462. The summed E-state index contributed by atoms with van der Waals surface area (Å²) in [7, 11) is 1.51. The fourth-order valence-electron chi connectivity index (χ4n) is 1.75. The monoisotopic (exact) mass is 274 g/mol. The Morgan fingerprint density at radius 3 is 2.90 bits per heavy atom. The molecule has 0 aliphatic rings. The smallest absolute Gasteiger partial charge is 0.239 e. The van der Waals surface area contributed by atoms with Crippen molar-refractivity contribution in [1.82, 2.24) is 15.1 Å². The Morgan fingerprint density at radius 2 is 2.20 bits per heavy atom. The summed E-state index contributed by atoms with van der Waals surface area (Å²) < 4.78 is 6.60. The molecule has 0 bridgehead atoms. The molecule has 1 aromatic carbocycles. The second-order valence-corrected chi connectivity index (χ2v) is 4.41. The van der Waals surface area contributed by atoms with Crippen molar-refractivity contribution in [3.63, 3.8) is 0 Å². The van der Waals surface area contributed by atoms with Gasteiger partial charge >= 0.3 is 0 Å². The van der Waals surface area contributed by atoms with Crippen LogP contribution in [0.15, 0.2) is 42.7 Å². The Balaban J connectivity index is 1.92. The molecule has 2 aromatic rings. The molecule has 106 valence electrons. The Hall–Kier alpha value is -2.18. The zero-order valence-electron chi connectivity index (χ0n) is 11.3. The Bertz CT molecular complexity index is 553. The van der Waals surface area contributed by atoms with E-state index in [1.165, 1.54) is 7.11 Å². The van der Waals surface area contributed by atoms with Gasteiger partial charge in [-0.25, -0.2) is 4.68 Å². The maximum Gasteiger partial charge on any atom is 0.239 e. The van der Waals surface area contributed by atoms with Crippen LogP contribution in [0.5, 0.6) is 0 Å². The second-order valence-electron chi connectivity index (χ2n) is 4.41. The average Bonchev–Trinajstić information content (AvgIpc) is 2.95. The molecule has 0 spiro atoms. The fraction of sp³-hybridized carbons (Fsp3) is 0.286. The van der Waals surface area contributed by atoms with Gasteiger partial charge in [0.2, 0.25) is 5.91 Å². The molecule has 0 aliphatic carbocycles. The van der Waals surface area contributed by atoms with Gasteiger partial charge in [0, 0.05) is 25.4 Å². The number of amides is 1. The van der Waals surface area contributed by atoms with Crippen LogP contribution >= 0.6 is 0 Å². The van der Waals surface area contributed by atoms with E-state index in [2.05, 4.69) is 10.4 Å².